The van der Waals surface area contributed by atoms with Crippen LogP contribution in [0.25, 0.3) is 10.9 Å². The van der Waals surface area contributed by atoms with Gasteiger partial charge < -0.3 is 10.7 Å². The number of nitrogens with two attached hydrogens (primary N) is 1. The van der Waals surface area contributed by atoms with E-state index in [9.17, 15) is 4.79 Å². The summed E-state index contributed by atoms with van der Waals surface area (Å²) in [7, 11) is 0. The molecule has 5 nitrogen and oxygen atoms in total. The fourth-order valence-electron chi connectivity index (χ4n) is 3.72. The number of para-hydroxylation sites is 1. The lowest BCUT2D eigenvalue weighted by atomic mass is 10.1. The minimum atomic E-state index is -0.267. The molecule has 0 atom stereocenters. The summed E-state index contributed by atoms with van der Waals surface area (Å²) in [6.45, 7) is 9.85. The maximum absolute atomic E-state index is 11.0. The van der Waals surface area contributed by atoms with Crippen molar-refractivity contribution in [3.63, 3.8) is 0 Å². The zero-order chi connectivity index (χ0) is 21.7. The van der Waals surface area contributed by atoms with Crippen molar-refractivity contribution in [3.8, 4) is 0 Å². The fraction of sp³-hybridized carbons (Fsp3) is 0.400. The van der Waals surface area contributed by atoms with Crippen LogP contribution in [0.15, 0.2) is 48.5 Å². The third kappa shape index (κ3) is 6.18. The number of fused-ring (bicyclic) bond motifs is 1. The topological polar surface area (TPSA) is 71.3 Å². The standard InChI is InChI=1S/C25H33N3O2/c1-18-21(22-7-5-6-8-23(22)27-18)15-16-28(30-25(2,3)4)17-20-11-9-19(10-12-20)13-14-24(26)29/h5-12,27H,13-17H2,1-4H3,(H2,26,29). The van der Waals surface area contributed by atoms with Gasteiger partial charge in [0.15, 0.2) is 0 Å². The summed E-state index contributed by atoms with van der Waals surface area (Å²) in [4.78, 5) is 20.7. The molecular weight excluding hydrogens is 374 g/mol. The molecule has 0 aliphatic carbocycles. The van der Waals surface area contributed by atoms with E-state index >= 15 is 0 Å². The summed E-state index contributed by atoms with van der Waals surface area (Å²) in [5.41, 5.74) is 11.0. The number of rotatable bonds is 9. The number of nitrogens with zero attached hydrogens (tertiary/aromatic N) is 1. The molecule has 0 bridgehead atoms. The number of nitrogens with one attached hydrogen (secondary N) is 1. The summed E-state index contributed by atoms with van der Waals surface area (Å²) < 4.78 is 0. The minimum absolute atomic E-state index is 0.267. The Labute approximate surface area is 179 Å². The number of benzene rings is 2. The number of carbonyl (C=O) groups is 1. The molecule has 0 unspecified atom stereocenters. The zero-order valence-corrected chi connectivity index (χ0v) is 18.5. The summed E-state index contributed by atoms with van der Waals surface area (Å²) >= 11 is 0. The molecular formula is C25H33N3O2. The van der Waals surface area contributed by atoms with Crippen LogP contribution in [0.2, 0.25) is 0 Å². The highest BCUT2D eigenvalue weighted by molar-refractivity contribution is 5.84. The van der Waals surface area contributed by atoms with E-state index in [1.165, 1.54) is 27.7 Å². The lowest BCUT2D eigenvalue weighted by Gasteiger charge is -2.30. The third-order valence-electron chi connectivity index (χ3n) is 5.08. The van der Waals surface area contributed by atoms with Gasteiger partial charge in [-0.15, -0.1) is 0 Å². The Bertz CT molecular complexity index is 984. The molecule has 0 saturated heterocycles. The maximum Gasteiger partial charge on any atom is 0.217 e. The molecule has 3 N–H and O–H groups in total. The SMILES string of the molecule is Cc1[nH]c2ccccc2c1CCN(Cc1ccc(CCC(N)=O)cc1)OC(C)(C)C. The smallest absolute Gasteiger partial charge is 0.217 e. The largest absolute Gasteiger partial charge is 0.370 e. The molecule has 3 rings (SSSR count). The minimum Gasteiger partial charge on any atom is -0.370 e. The fourth-order valence-corrected chi connectivity index (χ4v) is 3.72. The van der Waals surface area contributed by atoms with Gasteiger partial charge in [-0.1, -0.05) is 42.5 Å². The van der Waals surface area contributed by atoms with E-state index in [2.05, 4.69) is 86.3 Å². The van der Waals surface area contributed by atoms with Crippen LogP contribution in [0, 0.1) is 6.92 Å². The van der Waals surface area contributed by atoms with Gasteiger partial charge in [-0.3, -0.25) is 9.63 Å². The van der Waals surface area contributed by atoms with E-state index in [0.717, 1.165) is 18.5 Å². The number of aryl methyl sites for hydroxylation is 2. The summed E-state index contributed by atoms with van der Waals surface area (Å²) in [6, 6.07) is 16.8. The molecule has 1 aromatic heterocycles. The van der Waals surface area contributed by atoms with Crippen molar-refractivity contribution in [2.24, 2.45) is 5.73 Å². The van der Waals surface area contributed by atoms with Crippen LogP contribution in [0.3, 0.4) is 0 Å². The maximum atomic E-state index is 11.0. The average Bonchev–Trinajstić information content (AvgIpc) is 2.99. The van der Waals surface area contributed by atoms with Crippen LogP contribution in [-0.4, -0.2) is 28.1 Å². The molecule has 5 heteroatoms. The van der Waals surface area contributed by atoms with E-state index in [0.29, 0.717) is 19.4 Å². The second kappa shape index (κ2) is 9.45. The van der Waals surface area contributed by atoms with Gasteiger partial charge >= 0.3 is 0 Å². The van der Waals surface area contributed by atoms with Crippen molar-refractivity contribution in [1.82, 2.24) is 10.0 Å². The van der Waals surface area contributed by atoms with E-state index in [4.69, 9.17) is 10.6 Å². The number of H-pyrrole nitrogens is 1. The molecule has 160 valence electrons. The van der Waals surface area contributed by atoms with Gasteiger partial charge in [-0.05, 0) is 63.3 Å². The first kappa shape index (κ1) is 22.1. The van der Waals surface area contributed by atoms with Gasteiger partial charge in [0, 0.05) is 36.1 Å². The molecule has 0 spiro atoms. The molecule has 0 radical (unpaired) electrons. The van der Waals surface area contributed by atoms with Gasteiger partial charge in [-0.2, -0.15) is 5.06 Å². The van der Waals surface area contributed by atoms with Crippen LogP contribution in [0.1, 0.15) is 49.6 Å². The van der Waals surface area contributed by atoms with Crippen molar-refractivity contribution in [2.75, 3.05) is 6.54 Å². The number of hydrogen-bond donors (Lipinski definition) is 2. The number of hydrogen-bond acceptors (Lipinski definition) is 3. The van der Waals surface area contributed by atoms with Gasteiger partial charge in [0.25, 0.3) is 0 Å². The first-order valence-corrected chi connectivity index (χ1v) is 10.6. The average molecular weight is 408 g/mol. The molecule has 0 aliphatic heterocycles. The molecule has 3 aromatic rings. The van der Waals surface area contributed by atoms with Gasteiger partial charge in [-0.25, -0.2) is 0 Å². The van der Waals surface area contributed by atoms with Gasteiger partial charge in [0.1, 0.15) is 0 Å². The van der Waals surface area contributed by atoms with Gasteiger partial charge in [0.05, 0.1) is 5.60 Å². The second-order valence-electron chi connectivity index (χ2n) is 8.87. The second-order valence-corrected chi connectivity index (χ2v) is 8.87. The molecule has 0 fully saturated rings. The highest BCUT2D eigenvalue weighted by Gasteiger charge is 2.19. The normalized spacial score (nSPS) is 12.0. The zero-order valence-electron chi connectivity index (χ0n) is 18.5. The van der Waals surface area contributed by atoms with E-state index in [1.54, 1.807) is 0 Å². The Hall–Kier alpha value is -2.63. The van der Waals surface area contributed by atoms with Crippen molar-refractivity contribution in [1.29, 1.82) is 0 Å². The van der Waals surface area contributed by atoms with Crippen molar-refractivity contribution in [2.45, 2.75) is 59.1 Å². The molecule has 2 aromatic carbocycles. The molecule has 1 heterocycles. The van der Waals surface area contributed by atoms with E-state index in [-0.39, 0.29) is 11.5 Å². The van der Waals surface area contributed by atoms with Crippen LogP contribution in [0.4, 0.5) is 0 Å². The van der Waals surface area contributed by atoms with Crippen LogP contribution in [0.5, 0.6) is 0 Å². The molecule has 30 heavy (non-hydrogen) atoms. The number of hydroxylamine groups is 2. The number of carbonyl (C=O) groups excluding carboxylic acids is 1. The van der Waals surface area contributed by atoms with Gasteiger partial charge in [0.2, 0.25) is 5.91 Å². The number of aromatic nitrogens is 1. The lowest BCUT2D eigenvalue weighted by Crippen LogP contribution is -2.35. The summed E-state index contributed by atoms with van der Waals surface area (Å²) in [6.07, 6.45) is 1.96. The monoisotopic (exact) mass is 407 g/mol. The number of amides is 1. The Morgan fingerprint density at radius 2 is 1.70 bits per heavy atom. The first-order valence-electron chi connectivity index (χ1n) is 10.6. The van der Waals surface area contributed by atoms with Crippen molar-refractivity contribution >= 4 is 16.8 Å². The number of aromatic amines is 1. The molecule has 1 amide bonds. The Morgan fingerprint density at radius 1 is 1.03 bits per heavy atom. The van der Waals surface area contributed by atoms with Crippen molar-refractivity contribution < 1.29 is 9.63 Å². The van der Waals surface area contributed by atoms with Crippen LogP contribution < -0.4 is 5.73 Å². The lowest BCUT2D eigenvalue weighted by molar-refractivity contribution is -0.234. The first-order chi connectivity index (χ1) is 14.2. The summed E-state index contributed by atoms with van der Waals surface area (Å²) in [5.74, 6) is -0.267. The molecule has 0 saturated carbocycles. The van der Waals surface area contributed by atoms with Crippen LogP contribution >= 0.6 is 0 Å². The predicted octanol–water partition coefficient (Wildman–Crippen LogP) is 4.67. The predicted molar refractivity (Wildman–Crippen MR) is 122 cm³/mol. The molecule has 0 aliphatic rings. The summed E-state index contributed by atoms with van der Waals surface area (Å²) in [5, 5.41) is 3.34. The highest BCUT2D eigenvalue weighted by atomic mass is 16.7. The third-order valence-corrected chi connectivity index (χ3v) is 5.08. The van der Waals surface area contributed by atoms with Crippen molar-refractivity contribution in [3.05, 3.63) is 70.9 Å². The Balaban J connectivity index is 1.70. The highest BCUT2D eigenvalue weighted by Crippen LogP contribution is 2.23. The Kier molecular flexibility index (Phi) is 6.95. The van der Waals surface area contributed by atoms with E-state index in [1.807, 2.05) is 0 Å². The van der Waals surface area contributed by atoms with Crippen LogP contribution in [-0.2, 0) is 29.0 Å². The Morgan fingerprint density at radius 3 is 2.37 bits per heavy atom. The quantitative estimate of drug-likeness (QED) is 0.506. The van der Waals surface area contributed by atoms with E-state index < -0.39 is 0 Å². The number of primary amides is 1.